The zero-order valence-corrected chi connectivity index (χ0v) is 13.5. The minimum Gasteiger partial charge on any atom is -0.478 e. The molecule has 0 aliphatic carbocycles. The second kappa shape index (κ2) is 6.47. The molecule has 0 saturated carbocycles. The summed E-state index contributed by atoms with van der Waals surface area (Å²) < 4.78 is 5.14. The van der Waals surface area contributed by atoms with Gasteiger partial charge in [-0.1, -0.05) is 35.3 Å². The van der Waals surface area contributed by atoms with Crippen LogP contribution in [0.25, 0.3) is 6.08 Å². The van der Waals surface area contributed by atoms with Crippen LogP contribution in [0.15, 0.2) is 53.2 Å². The lowest BCUT2D eigenvalue weighted by atomic mass is 10.1. The summed E-state index contributed by atoms with van der Waals surface area (Å²) in [5, 5.41) is 9.66. The molecule has 0 radical (unpaired) electrons. The first-order chi connectivity index (χ1) is 11.4. The molecule has 0 bridgehead atoms. The number of halogens is 2. The van der Waals surface area contributed by atoms with Gasteiger partial charge in [0.05, 0.1) is 16.1 Å². The standard InChI is InChI=1S/C17H9Cl2NO4/c18-11-5-6-12(13(19)8-11)15-20-14(17(23)24-15)7-9-1-3-10(4-2-9)16(21)22/h1-8H,(H,21,22)/b14-7-. The Bertz CT molecular complexity index is 901. The van der Waals surface area contributed by atoms with Gasteiger partial charge in [-0.2, -0.15) is 0 Å². The van der Waals surface area contributed by atoms with Crippen molar-refractivity contribution in [3.8, 4) is 0 Å². The van der Waals surface area contributed by atoms with Crippen molar-refractivity contribution in [1.82, 2.24) is 0 Å². The number of nitrogens with zero attached hydrogens (tertiary/aromatic N) is 1. The Kier molecular flexibility index (Phi) is 4.38. The number of hydrogen-bond donors (Lipinski definition) is 1. The Balaban J connectivity index is 1.92. The van der Waals surface area contributed by atoms with Crippen LogP contribution in [0.4, 0.5) is 0 Å². The Hall–Kier alpha value is -2.63. The highest BCUT2D eigenvalue weighted by Gasteiger charge is 2.25. The van der Waals surface area contributed by atoms with Gasteiger partial charge >= 0.3 is 11.9 Å². The first-order valence-corrected chi connectivity index (χ1v) is 7.51. The van der Waals surface area contributed by atoms with Crippen molar-refractivity contribution in [1.29, 1.82) is 0 Å². The first kappa shape index (κ1) is 16.2. The van der Waals surface area contributed by atoms with Crippen molar-refractivity contribution in [2.24, 2.45) is 4.99 Å². The molecular formula is C17H9Cl2NO4. The Morgan fingerprint density at radius 3 is 2.46 bits per heavy atom. The Morgan fingerprint density at radius 2 is 1.83 bits per heavy atom. The van der Waals surface area contributed by atoms with Crippen molar-refractivity contribution in [2.45, 2.75) is 0 Å². The minimum absolute atomic E-state index is 0.0927. The second-order valence-electron chi connectivity index (χ2n) is 4.89. The second-order valence-corrected chi connectivity index (χ2v) is 5.73. The zero-order valence-electron chi connectivity index (χ0n) is 12.0. The number of benzene rings is 2. The summed E-state index contributed by atoms with van der Waals surface area (Å²) in [4.78, 5) is 26.9. The molecule has 5 nitrogen and oxygen atoms in total. The fraction of sp³-hybridized carbons (Fsp3) is 0. The molecule has 0 saturated heterocycles. The van der Waals surface area contributed by atoms with Crippen LogP contribution in [0.2, 0.25) is 10.0 Å². The van der Waals surface area contributed by atoms with E-state index in [0.29, 0.717) is 21.2 Å². The summed E-state index contributed by atoms with van der Waals surface area (Å²) >= 11 is 11.9. The molecule has 1 aliphatic heterocycles. The number of cyclic esters (lactones) is 1. The van der Waals surface area contributed by atoms with E-state index in [1.165, 1.54) is 24.3 Å². The number of carbonyl (C=O) groups excluding carboxylic acids is 1. The van der Waals surface area contributed by atoms with E-state index in [-0.39, 0.29) is 17.2 Å². The molecule has 24 heavy (non-hydrogen) atoms. The molecule has 0 unspecified atom stereocenters. The average Bonchev–Trinajstić information content (AvgIpc) is 2.88. The largest absolute Gasteiger partial charge is 0.478 e. The van der Waals surface area contributed by atoms with Crippen LogP contribution >= 0.6 is 23.2 Å². The lowest BCUT2D eigenvalue weighted by Gasteiger charge is -2.02. The smallest absolute Gasteiger partial charge is 0.363 e. The van der Waals surface area contributed by atoms with Gasteiger partial charge in [0.2, 0.25) is 5.90 Å². The fourth-order valence-electron chi connectivity index (χ4n) is 2.07. The monoisotopic (exact) mass is 361 g/mol. The highest BCUT2D eigenvalue weighted by Crippen LogP contribution is 2.26. The Morgan fingerprint density at radius 1 is 1.12 bits per heavy atom. The summed E-state index contributed by atoms with van der Waals surface area (Å²) in [6.07, 6.45) is 1.50. The van der Waals surface area contributed by atoms with Crippen LogP contribution in [-0.2, 0) is 9.53 Å². The van der Waals surface area contributed by atoms with E-state index in [1.54, 1.807) is 24.3 Å². The molecule has 0 amide bonds. The van der Waals surface area contributed by atoms with Crippen molar-refractivity contribution < 1.29 is 19.4 Å². The van der Waals surface area contributed by atoms with E-state index in [4.69, 9.17) is 33.0 Å². The maximum absolute atomic E-state index is 11.9. The van der Waals surface area contributed by atoms with Gasteiger partial charge in [0, 0.05) is 5.02 Å². The predicted octanol–water partition coefficient (Wildman–Crippen LogP) is 4.04. The third-order valence-corrected chi connectivity index (χ3v) is 3.79. The number of ether oxygens (including phenoxy) is 1. The molecule has 1 heterocycles. The van der Waals surface area contributed by atoms with Gasteiger partial charge in [-0.05, 0) is 42.0 Å². The topological polar surface area (TPSA) is 76.0 Å². The third-order valence-electron chi connectivity index (χ3n) is 3.24. The number of carboxylic acids is 1. The van der Waals surface area contributed by atoms with Crippen molar-refractivity contribution in [2.75, 3.05) is 0 Å². The van der Waals surface area contributed by atoms with E-state index in [0.717, 1.165) is 0 Å². The summed E-state index contributed by atoms with van der Waals surface area (Å²) in [5.74, 6) is -1.54. The van der Waals surface area contributed by atoms with E-state index in [9.17, 15) is 9.59 Å². The molecule has 120 valence electrons. The molecule has 1 aliphatic rings. The average molecular weight is 362 g/mol. The minimum atomic E-state index is -1.02. The number of aromatic carboxylic acids is 1. The predicted molar refractivity (Wildman–Crippen MR) is 90.5 cm³/mol. The molecule has 0 atom stereocenters. The zero-order chi connectivity index (χ0) is 17.3. The lowest BCUT2D eigenvalue weighted by molar-refractivity contribution is -0.129. The van der Waals surface area contributed by atoms with Gasteiger partial charge in [0.25, 0.3) is 0 Å². The SMILES string of the molecule is O=C1OC(c2ccc(Cl)cc2Cl)=N/C1=C\c1ccc(C(=O)O)cc1. The highest BCUT2D eigenvalue weighted by atomic mass is 35.5. The molecule has 0 aromatic heterocycles. The van der Waals surface area contributed by atoms with Crippen LogP contribution < -0.4 is 0 Å². The van der Waals surface area contributed by atoms with Gasteiger partial charge in [0.15, 0.2) is 5.70 Å². The van der Waals surface area contributed by atoms with E-state index in [1.807, 2.05) is 0 Å². The number of carboxylic acid groups (broad SMARTS) is 1. The van der Waals surface area contributed by atoms with Gasteiger partial charge < -0.3 is 9.84 Å². The van der Waals surface area contributed by atoms with Gasteiger partial charge in [0.1, 0.15) is 0 Å². The fourth-order valence-corrected chi connectivity index (χ4v) is 2.56. The quantitative estimate of drug-likeness (QED) is 0.661. The highest BCUT2D eigenvalue weighted by molar-refractivity contribution is 6.37. The van der Waals surface area contributed by atoms with Crippen LogP contribution in [0, 0.1) is 0 Å². The molecule has 1 N–H and O–H groups in total. The molecule has 7 heteroatoms. The molecule has 0 fully saturated rings. The van der Waals surface area contributed by atoms with Gasteiger partial charge in [-0.3, -0.25) is 0 Å². The van der Waals surface area contributed by atoms with Crippen molar-refractivity contribution >= 4 is 47.1 Å². The van der Waals surface area contributed by atoms with Crippen molar-refractivity contribution in [3.05, 3.63) is 74.9 Å². The third kappa shape index (κ3) is 3.32. The number of rotatable bonds is 3. The Labute approximate surface area is 146 Å². The summed E-state index contributed by atoms with van der Waals surface area (Å²) in [7, 11) is 0. The maximum atomic E-state index is 11.9. The summed E-state index contributed by atoms with van der Waals surface area (Å²) in [6.45, 7) is 0. The number of esters is 1. The van der Waals surface area contributed by atoms with Gasteiger partial charge in [-0.25, -0.2) is 14.6 Å². The molecule has 3 rings (SSSR count). The molecule has 0 spiro atoms. The van der Waals surface area contributed by atoms with Crippen LogP contribution in [0.3, 0.4) is 0 Å². The van der Waals surface area contributed by atoms with Crippen LogP contribution in [-0.4, -0.2) is 22.9 Å². The summed E-state index contributed by atoms with van der Waals surface area (Å²) in [6, 6.07) is 10.8. The van der Waals surface area contributed by atoms with Crippen molar-refractivity contribution in [3.63, 3.8) is 0 Å². The number of aliphatic imine (C=N–C) groups is 1. The lowest BCUT2D eigenvalue weighted by Crippen LogP contribution is -2.05. The number of hydrogen-bond acceptors (Lipinski definition) is 4. The molecule has 2 aromatic rings. The van der Waals surface area contributed by atoms with Gasteiger partial charge in [-0.15, -0.1) is 0 Å². The van der Waals surface area contributed by atoms with E-state index in [2.05, 4.69) is 4.99 Å². The molecular weight excluding hydrogens is 353 g/mol. The maximum Gasteiger partial charge on any atom is 0.363 e. The normalized spacial score (nSPS) is 15.3. The van der Waals surface area contributed by atoms with Crippen LogP contribution in [0.1, 0.15) is 21.5 Å². The molecule has 2 aromatic carbocycles. The summed E-state index contributed by atoms with van der Waals surface area (Å²) in [5.41, 5.74) is 1.33. The van der Waals surface area contributed by atoms with Crippen LogP contribution in [0.5, 0.6) is 0 Å². The van der Waals surface area contributed by atoms with E-state index >= 15 is 0 Å². The first-order valence-electron chi connectivity index (χ1n) is 6.75. The number of carbonyl (C=O) groups is 2. The van der Waals surface area contributed by atoms with E-state index < -0.39 is 11.9 Å².